The molecule has 0 bridgehead atoms. The summed E-state index contributed by atoms with van der Waals surface area (Å²) >= 11 is 6.35. The number of fused-ring (bicyclic) bond motifs is 1. The van der Waals surface area contributed by atoms with Gasteiger partial charge < -0.3 is 19.4 Å². The summed E-state index contributed by atoms with van der Waals surface area (Å²) in [4.78, 5) is 23.5. The SMILES string of the molecule is COc1ccc(CN(C)C(=O)c2c(C)oc3ncnc(NC4(C)CC4)c23)c(Cl)c1. The number of hydrogen-bond acceptors (Lipinski definition) is 6. The standard InChI is InChI=1S/C21H23ClN4O3/c1-12-16(17-18(25-21(2)7-8-21)23-11-24-19(17)29-12)20(27)26(3)10-13-5-6-14(28-4)9-15(13)22/h5-6,9,11H,7-8,10H2,1-4H3,(H,23,24,25). The van der Waals surface area contributed by atoms with Crippen molar-refractivity contribution in [3.05, 3.63) is 46.4 Å². The maximum absolute atomic E-state index is 13.3. The normalized spacial score (nSPS) is 14.7. The lowest BCUT2D eigenvalue weighted by Crippen LogP contribution is -2.27. The Kier molecular flexibility index (Phi) is 4.86. The van der Waals surface area contributed by atoms with Gasteiger partial charge in [-0.05, 0) is 44.4 Å². The zero-order valence-corrected chi connectivity index (χ0v) is 17.6. The molecule has 1 N–H and O–H groups in total. The van der Waals surface area contributed by atoms with E-state index in [-0.39, 0.29) is 11.4 Å². The topological polar surface area (TPSA) is 80.5 Å². The molecule has 0 radical (unpaired) electrons. The van der Waals surface area contributed by atoms with Crippen LogP contribution < -0.4 is 10.1 Å². The summed E-state index contributed by atoms with van der Waals surface area (Å²) in [6, 6.07) is 5.42. The van der Waals surface area contributed by atoms with Gasteiger partial charge in [0.2, 0.25) is 5.71 Å². The van der Waals surface area contributed by atoms with Gasteiger partial charge >= 0.3 is 0 Å². The number of benzene rings is 1. The number of aryl methyl sites for hydroxylation is 1. The van der Waals surface area contributed by atoms with E-state index in [9.17, 15) is 4.79 Å². The average Bonchev–Trinajstić information content (AvgIpc) is 3.31. The molecule has 1 amide bonds. The van der Waals surface area contributed by atoms with Crippen LogP contribution in [0.5, 0.6) is 5.75 Å². The predicted molar refractivity (Wildman–Crippen MR) is 112 cm³/mol. The lowest BCUT2D eigenvalue weighted by atomic mass is 10.1. The molecule has 1 aliphatic carbocycles. The Hall–Kier alpha value is -2.80. The van der Waals surface area contributed by atoms with Crippen LogP contribution in [0.25, 0.3) is 11.1 Å². The molecule has 0 spiro atoms. The van der Waals surface area contributed by atoms with Gasteiger partial charge in [0.15, 0.2) is 0 Å². The third kappa shape index (κ3) is 3.74. The third-order valence-electron chi connectivity index (χ3n) is 5.31. The zero-order chi connectivity index (χ0) is 20.8. The van der Waals surface area contributed by atoms with Crippen molar-refractivity contribution in [3.63, 3.8) is 0 Å². The highest BCUT2D eigenvalue weighted by molar-refractivity contribution is 6.31. The molecular formula is C21H23ClN4O3. The average molecular weight is 415 g/mol. The molecule has 29 heavy (non-hydrogen) atoms. The number of furan rings is 1. The molecular weight excluding hydrogens is 392 g/mol. The van der Waals surface area contributed by atoms with Crippen molar-refractivity contribution in [2.45, 2.75) is 38.8 Å². The van der Waals surface area contributed by atoms with E-state index in [1.54, 1.807) is 32.0 Å². The second-order valence-electron chi connectivity index (χ2n) is 7.74. The van der Waals surface area contributed by atoms with Gasteiger partial charge in [-0.15, -0.1) is 0 Å². The number of nitrogens with one attached hydrogen (secondary N) is 1. The minimum atomic E-state index is -0.174. The number of carbonyl (C=O) groups is 1. The van der Waals surface area contributed by atoms with Crippen LogP contribution in [0.4, 0.5) is 5.82 Å². The first-order chi connectivity index (χ1) is 13.8. The van der Waals surface area contributed by atoms with Gasteiger partial charge in [-0.1, -0.05) is 17.7 Å². The summed E-state index contributed by atoms with van der Waals surface area (Å²) in [7, 11) is 3.32. The van der Waals surface area contributed by atoms with Crippen LogP contribution in [0, 0.1) is 6.92 Å². The molecule has 152 valence electrons. The van der Waals surface area contributed by atoms with Crippen molar-refractivity contribution in [2.75, 3.05) is 19.5 Å². The van der Waals surface area contributed by atoms with E-state index < -0.39 is 0 Å². The van der Waals surface area contributed by atoms with Crippen molar-refractivity contribution in [1.82, 2.24) is 14.9 Å². The Balaban J connectivity index is 1.66. The van der Waals surface area contributed by atoms with Crippen LogP contribution in [0.1, 0.15) is 41.4 Å². The summed E-state index contributed by atoms with van der Waals surface area (Å²) in [5.41, 5.74) is 1.71. The molecule has 1 fully saturated rings. The quantitative estimate of drug-likeness (QED) is 0.642. The summed E-state index contributed by atoms with van der Waals surface area (Å²) < 4.78 is 11.0. The minimum absolute atomic E-state index is 0.00922. The van der Waals surface area contributed by atoms with E-state index >= 15 is 0 Å². The molecule has 4 rings (SSSR count). The monoisotopic (exact) mass is 414 g/mol. The first kappa shape index (κ1) is 19.5. The molecule has 0 unspecified atom stereocenters. The second-order valence-corrected chi connectivity index (χ2v) is 8.15. The number of anilines is 1. The smallest absolute Gasteiger partial charge is 0.258 e. The van der Waals surface area contributed by atoms with Crippen molar-refractivity contribution in [1.29, 1.82) is 0 Å². The summed E-state index contributed by atoms with van der Waals surface area (Å²) in [6.45, 7) is 4.25. The van der Waals surface area contributed by atoms with E-state index in [0.29, 0.717) is 45.6 Å². The lowest BCUT2D eigenvalue weighted by molar-refractivity contribution is 0.0785. The van der Waals surface area contributed by atoms with Crippen molar-refractivity contribution in [2.24, 2.45) is 0 Å². The van der Waals surface area contributed by atoms with E-state index in [4.69, 9.17) is 20.8 Å². The fourth-order valence-electron chi connectivity index (χ4n) is 3.30. The molecule has 2 aromatic heterocycles. The lowest BCUT2D eigenvalue weighted by Gasteiger charge is -2.19. The Bertz CT molecular complexity index is 1090. The molecule has 1 aliphatic rings. The number of aromatic nitrogens is 2. The number of nitrogens with zero attached hydrogens (tertiary/aromatic N) is 3. The Morgan fingerprint density at radius 1 is 1.38 bits per heavy atom. The molecule has 0 atom stereocenters. The highest BCUT2D eigenvalue weighted by Gasteiger charge is 2.38. The van der Waals surface area contributed by atoms with Gasteiger partial charge in [0.05, 0.1) is 18.1 Å². The first-order valence-corrected chi connectivity index (χ1v) is 9.79. The van der Waals surface area contributed by atoms with Crippen LogP contribution in [0.15, 0.2) is 28.9 Å². The van der Waals surface area contributed by atoms with Gasteiger partial charge in [-0.25, -0.2) is 9.97 Å². The molecule has 1 saturated carbocycles. The molecule has 0 aliphatic heterocycles. The van der Waals surface area contributed by atoms with Gasteiger partial charge in [0, 0.05) is 24.2 Å². The number of carbonyl (C=O) groups excluding carboxylic acids is 1. The van der Waals surface area contributed by atoms with E-state index in [1.165, 1.54) is 6.33 Å². The number of ether oxygens (including phenoxy) is 1. The summed E-state index contributed by atoms with van der Waals surface area (Å²) in [5.74, 6) is 1.64. The van der Waals surface area contributed by atoms with Gasteiger partial charge in [-0.2, -0.15) is 0 Å². The fraction of sp³-hybridized carbons (Fsp3) is 0.381. The van der Waals surface area contributed by atoms with Crippen LogP contribution in [-0.4, -0.2) is 40.5 Å². The van der Waals surface area contributed by atoms with Crippen molar-refractivity contribution in [3.8, 4) is 5.75 Å². The van der Waals surface area contributed by atoms with Gasteiger partial charge in [0.1, 0.15) is 23.7 Å². The largest absolute Gasteiger partial charge is 0.497 e. The Morgan fingerprint density at radius 2 is 2.14 bits per heavy atom. The zero-order valence-electron chi connectivity index (χ0n) is 16.9. The van der Waals surface area contributed by atoms with Crippen LogP contribution >= 0.6 is 11.6 Å². The number of hydrogen-bond donors (Lipinski definition) is 1. The van der Waals surface area contributed by atoms with Crippen LogP contribution in [0.2, 0.25) is 5.02 Å². The highest BCUT2D eigenvalue weighted by atomic mass is 35.5. The van der Waals surface area contributed by atoms with E-state index in [1.807, 2.05) is 12.1 Å². The predicted octanol–water partition coefficient (Wildman–Crippen LogP) is 4.43. The molecule has 8 heteroatoms. The molecule has 2 heterocycles. The molecule has 3 aromatic rings. The van der Waals surface area contributed by atoms with Crippen molar-refractivity contribution < 1.29 is 13.9 Å². The number of rotatable bonds is 6. The molecule has 1 aromatic carbocycles. The van der Waals surface area contributed by atoms with Crippen LogP contribution in [0.3, 0.4) is 0 Å². The minimum Gasteiger partial charge on any atom is -0.497 e. The summed E-state index contributed by atoms with van der Waals surface area (Å²) in [5, 5.41) is 4.60. The Labute approximate surface area is 174 Å². The van der Waals surface area contributed by atoms with Crippen LogP contribution in [-0.2, 0) is 6.54 Å². The third-order valence-corrected chi connectivity index (χ3v) is 5.66. The van der Waals surface area contributed by atoms with Gasteiger partial charge in [0.25, 0.3) is 5.91 Å². The summed E-state index contributed by atoms with van der Waals surface area (Å²) in [6.07, 6.45) is 3.58. The second kappa shape index (κ2) is 7.22. The van der Waals surface area contributed by atoms with E-state index in [2.05, 4.69) is 22.2 Å². The van der Waals surface area contributed by atoms with Crippen molar-refractivity contribution >= 4 is 34.4 Å². The Morgan fingerprint density at radius 3 is 2.79 bits per heavy atom. The van der Waals surface area contributed by atoms with Gasteiger partial charge in [-0.3, -0.25) is 4.79 Å². The maximum atomic E-state index is 13.3. The number of halogens is 1. The maximum Gasteiger partial charge on any atom is 0.258 e. The number of methoxy groups -OCH3 is 1. The van der Waals surface area contributed by atoms with E-state index in [0.717, 1.165) is 18.4 Å². The first-order valence-electron chi connectivity index (χ1n) is 9.41. The highest BCUT2D eigenvalue weighted by Crippen LogP contribution is 2.40. The number of amides is 1. The molecule has 0 saturated heterocycles. The molecule has 7 nitrogen and oxygen atoms in total. The fourth-order valence-corrected chi connectivity index (χ4v) is 3.53.